The van der Waals surface area contributed by atoms with Gasteiger partial charge in [0, 0.05) is 24.3 Å². The third-order valence-electron chi connectivity index (χ3n) is 3.84. The van der Waals surface area contributed by atoms with Gasteiger partial charge in [-0.25, -0.2) is 0 Å². The van der Waals surface area contributed by atoms with Crippen LogP contribution in [0.5, 0.6) is 0 Å². The van der Waals surface area contributed by atoms with Crippen LogP contribution in [-0.2, 0) is 13.0 Å². The minimum absolute atomic E-state index is 0.214. The first-order chi connectivity index (χ1) is 8.65. The van der Waals surface area contributed by atoms with Crippen molar-refractivity contribution in [1.29, 1.82) is 0 Å². The highest BCUT2D eigenvalue weighted by Gasteiger charge is 2.24. The highest BCUT2D eigenvalue weighted by Crippen LogP contribution is 2.20. The van der Waals surface area contributed by atoms with Crippen LogP contribution in [0.2, 0.25) is 0 Å². The fraction of sp³-hybridized carbons (Fsp3) is 0.786. The number of rotatable bonds is 7. The van der Waals surface area contributed by atoms with Gasteiger partial charge in [0.1, 0.15) is 0 Å². The minimum atomic E-state index is 0.214. The van der Waals surface area contributed by atoms with Crippen LogP contribution >= 0.6 is 0 Å². The van der Waals surface area contributed by atoms with Crippen LogP contribution in [-0.4, -0.2) is 33.6 Å². The molecule has 4 heteroatoms. The molecule has 0 amide bonds. The first-order valence-corrected chi connectivity index (χ1v) is 7.05. The number of aliphatic hydroxyl groups excluding tert-OH is 1. The Labute approximate surface area is 109 Å². The minimum Gasteiger partial charge on any atom is -0.395 e. The van der Waals surface area contributed by atoms with Crippen molar-refractivity contribution in [2.45, 2.75) is 65.1 Å². The van der Waals surface area contributed by atoms with Gasteiger partial charge in [-0.05, 0) is 45.1 Å². The highest BCUT2D eigenvalue weighted by molar-refractivity contribution is 5.24. The summed E-state index contributed by atoms with van der Waals surface area (Å²) in [4.78, 5) is 0. The van der Waals surface area contributed by atoms with E-state index < -0.39 is 0 Å². The van der Waals surface area contributed by atoms with E-state index in [1.54, 1.807) is 0 Å². The molecule has 2 N–H and O–H groups in total. The third kappa shape index (κ3) is 3.12. The van der Waals surface area contributed by atoms with Gasteiger partial charge in [-0.3, -0.25) is 4.68 Å². The molecule has 1 aromatic rings. The summed E-state index contributed by atoms with van der Waals surface area (Å²) in [5, 5.41) is 17.4. The molecular weight excluding hydrogens is 226 g/mol. The third-order valence-corrected chi connectivity index (χ3v) is 3.84. The molecule has 102 valence electrons. The number of nitrogens with zero attached hydrogens (tertiary/aromatic N) is 2. The Morgan fingerprint density at radius 3 is 2.67 bits per heavy atom. The van der Waals surface area contributed by atoms with Crippen LogP contribution in [0.3, 0.4) is 0 Å². The van der Waals surface area contributed by atoms with Crippen LogP contribution in [0, 0.1) is 13.8 Å². The van der Waals surface area contributed by atoms with Crippen molar-refractivity contribution in [3.05, 3.63) is 17.0 Å². The standard InChI is InChI=1S/C14H25N3O/c1-4-14-10(2)16-17(11(14)3)8-7-13(9-18)15-12-5-6-12/h12-13,15,18H,4-9H2,1-3H3. The molecule has 2 rings (SSSR count). The SMILES string of the molecule is CCc1c(C)nn(CCC(CO)NC2CC2)c1C. The molecule has 1 atom stereocenters. The first kappa shape index (κ1) is 13.6. The Bertz CT molecular complexity index is 396. The van der Waals surface area contributed by atoms with Crippen LogP contribution in [0.25, 0.3) is 0 Å². The Kier molecular flexibility index (Phi) is 4.40. The van der Waals surface area contributed by atoms with E-state index in [0.717, 1.165) is 25.1 Å². The van der Waals surface area contributed by atoms with Crippen LogP contribution in [0.1, 0.15) is 43.1 Å². The van der Waals surface area contributed by atoms with Crippen molar-refractivity contribution >= 4 is 0 Å². The van der Waals surface area contributed by atoms with Crippen LogP contribution in [0.4, 0.5) is 0 Å². The molecule has 18 heavy (non-hydrogen) atoms. The molecule has 0 bridgehead atoms. The van der Waals surface area contributed by atoms with Gasteiger partial charge in [0.05, 0.1) is 12.3 Å². The Balaban J connectivity index is 1.91. The van der Waals surface area contributed by atoms with E-state index in [-0.39, 0.29) is 12.6 Å². The van der Waals surface area contributed by atoms with Crippen molar-refractivity contribution in [2.75, 3.05) is 6.61 Å². The second kappa shape index (κ2) is 5.85. The number of aliphatic hydroxyl groups is 1. The lowest BCUT2D eigenvalue weighted by atomic mass is 10.1. The van der Waals surface area contributed by atoms with Gasteiger partial charge in [-0.1, -0.05) is 6.92 Å². The highest BCUT2D eigenvalue weighted by atomic mass is 16.3. The van der Waals surface area contributed by atoms with Gasteiger partial charge < -0.3 is 10.4 Å². The van der Waals surface area contributed by atoms with Crippen molar-refractivity contribution < 1.29 is 5.11 Å². The zero-order valence-corrected chi connectivity index (χ0v) is 11.7. The van der Waals surface area contributed by atoms with E-state index in [1.807, 2.05) is 0 Å². The van der Waals surface area contributed by atoms with Gasteiger partial charge >= 0.3 is 0 Å². The van der Waals surface area contributed by atoms with E-state index in [1.165, 1.54) is 24.1 Å². The van der Waals surface area contributed by atoms with Crippen molar-refractivity contribution in [3.63, 3.8) is 0 Å². The number of hydrogen-bond donors (Lipinski definition) is 2. The Morgan fingerprint density at radius 2 is 2.17 bits per heavy atom. The molecule has 1 heterocycles. The first-order valence-electron chi connectivity index (χ1n) is 7.05. The second-order valence-electron chi connectivity index (χ2n) is 5.34. The fourth-order valence-corrected chi connectivity index (χ4v) is 2.55. The maximum atomic E-state index is 9.36. The van der Waals surface area contributed by atoms with Gasteiger partial charge in [0.15, 0.2) is 0 Å². The summed E-state index contributed by atoms with van der Waals surface area (Å²) < 4.78 is 2.09. The molecule has 1 aliphatic carbocycles. The van der Waals surface area contributed by atoms with Crippen molar-refractivity contribution in [1.82, 2.24) is 15.1 Å². The quantitative estimate of drug-likeness (QED) is 0.773. The maximum absolute atomic E-state index is 9.36. The smallest absolute Gasteiger partial charge is 0.0628 e. The lowest BCUT2D eigenvalue weighted by molar-refractivity contribution is 0.228. The van der Waals surface area contributed by atoms with Gasteiger partial charge in [0.25, 0.3) is 0 Å². The molecule has 0 spiro atoms. The van der Waals surface area contributed by atoms with Crippen LogP contribution < -0.4 is 5.32 Å². The average molecular weight is 251 g/mol. The summed E-state index contributed by atoms with van der Waals surface area (Å²) in [6.45, 7) is 7.50. The van der Waals surface area contributed by atoms with Gasteiger partial charge in [-0.15, -0.1) is 0 Å². The summed E-state index contributed by atoms with van der Waals surface area (Å²) in [6, 6.07) is 0.861. The van der Waals surface area contributed by atoms with E-state index >= 15 is 0 Å². The molecule has 1 saturated carbocycles. The average Bonchev–Trinajstić information content (AvgIpc) is 3.12. The molecule has 0 radical (unpaired) electrons. The molecule has 1 fully saturated rings. The Morgan fingerprint density at radius 1 is 1.44 bits per heavy atom. The molecule has 1 aliphatic rings. The van der Waals surface area contributed by atoms with Crippen LogP contribution in [0.15, 0.2) is 0 Å². The number of hydrogen-bond acceptors (Lipinski definition) is 3. The summed E-state index contributed by atoms with van der Waals surface area (Å²) in [5.74, 6) is 0. The zero-order valence-electron chi connectivity index (χ0n) is 11.7. The van der Waals surface area contributed by atoms with Crippen molar-refractivity contribution in [2.24, 2.45) is 0 Å². The maximum Gasteiger partial charge on any atom is 0.0628 e. The van der Waals surface area contributed by atoms with E-state index in [0.29, 0.717) is 6.04 Å². The topological polar surface area (TPSA) is 50.1 Å². The molecule has 0 aliphatic heterocycles. The summed E-state index contributed by atoms with van der Waals surface area (Å²) in [5.41, 5.74) is 3.79. The molecule has 4 nitrogen and oxygen atoms in total. The zero-order chi connectivity index (χ0) is 13.1. The van der Waals surface area contributed by atoms with Gasteiger partial charge in [0.2, 0.25) is 0 Å². The largest absolute Gasteiger partial charge is 0.395 e. The molecule has 0 saturated heterocycles. The Hall–Kier alpha value is -0.870. The molecule has 0 aromatic carbocycles. The summed E-state index contributed by atoms with van der Waals surface area (Å²) >= 11 is 0. The lowest BCUT2D eigenvalue weighted by Gasteiger charge is -2.16. The fourth-order valence-electron chi connectivity index (χ4n) is 2.55. The monoisotopic (exact) mass is 251 g/mol. The van der Waals surface area contributed by atoms with Crippen molar-refractivity contribution in [3.8, 4) is 0 Å². The van der Waals surface area contributed by atoms with E-state index in [4.69, 9.17) is 0 Å². The number of aromatic nitrogens is 2. The second-order valence-corrected chi connectivity index (χ2v) is 5.34. The molecular formula is C14H25N3O. The molecule has 1 unspecified atom stereocenters. The molecule has 1 aromatic heterocycles. The lowest BCUT2D eigenvalue weighted by Crippen LogP contribution is -2.35. The van der Waals surface area contributed by atoms with Gasteiger partial charge in [-0.2, -0.15) is 5.10 Å². The van der Waals surface area contributed by atoms with E-state index in [2.05, 4.69) is 35.9 Å². The number of nitrogens with one attached hydrogen (secondary N) is 1. The predicted octanol–water partition coefficient (Wildman–Crippen LogP) is 1.57. The van der Waals surface area contributed by atoms with E-state index in [9.17, 15) is 5.11 Å². The predicted molar refractivity (Wildman–Crippen MR) is 72.7 cm³/mol. The normalized spacial score (nSPS) is 17.1. The number of aryl methyl sites for hydroxylation is 2. The summed E-state index contributed by atoms with van der Waals surface area (Å²) in [6.07, 6.45) is 4.51. The summed E-state index contributed by atoms with van der Waals surface area (Å²) in [7, 11) is 0.